The predicted octanol–water partition coefficient (Wildman–Crippen LogP) is 4.12. The van der Waals surface area contributed by atoms with E-state index in [-0.39, 0.29) is 18.2 Å². The lowest BCUT2D eigenvalue weighted by Gasteiger charge is -2.33. The van der Waals surface area contributed by atoms with Crippen LogP contribution in [0, 0.1) is 19.8 Å². The summed E-state index contributed by atoms with van der Waals surface area (Å²) < 4.78 is 1.76. The van der Waals surface area contributed by atoms with Crippen LogP contribution in [0.1, 0.15) is 42.5 Å². The van der Waals surface area contributed by atoms with Crippen molar-refractivity contribution in [2.24, 2.45) is 5.92 Å². The second kappa shape index (κ2) is 6.80. The second-order valence-corrected chi connectivity index (χ2v) is 8.99. The van der Waals surface area contributed by atoms with E-state index < -0.39 is 5.41 Å². The molecule has 0 radical (unpaired) electrons. The van der Waals surface area contributed by atoms with Gasteiger partial charge in [0, 0.05) is 24.2 Å². The number of anilines is 2. The zero-order chi connectivity index (χ0) is 21.9. The predicted molar refractivity (Wildman–Crippen MR) is 121 cm³/mol. The highest BCUT2D eigenvalue weighted by Crippen LogP contribution is 2.52. The number of nitrogens with zero attached hydrogens (tertiary/aromatic N) is 3. The van der Waals surface area contributed by atoms with Crippen LogP contribution >= 0.6 is 0 Å². The maximum absolute atomic E-state index is 14.0. The topological polar surface area (TPSA) is 67.2 Å². The highest BCUT2D eigenvalue weighted by molar-refractivity contribution is 6.15. The van der Waals surface area contributed by atoms with E-state index in [9.17, 15) is 9.59 Å². The van der Waals surface area contributed by atoms with Crippen LogP contribution < -0.4 is 10.2 Å². The molecule has 1 atom stereocenters. The van der Waals surface area contributed by atoms with E-state index in [2.05, 4.69) is 37.3 Å². The maximum atomic E-state index is 14.0. The highest BCUT2D eigenvalue weighted by atomic mass is 16.2. The number of aryl methyl sites for hydroxylation is 1. The number of aromatic nitrogens is 2. The van der Waals surface area contributed by atoms with Crippen molar-refractivity contribution in [3.05, 3.63) is 70.9 Å². The van der Waals surface area contributed by atoms with Gasteiger partial charge in [0.1, 0.15) is 11.2 Å². The maximum Gasteiger partial charge on any atom is 0.242 e. The van der Waals surface area contributed by atoms with Gasteiger partial charge in [0.05, 0.1) is 11.9 Å². The van der Waals surface area contributed by atoms with E-state index in [1.807, 2.05) is 48.2 Å². The first-order valence-corrected chi connectivity index (χ1v) is 10.7. The lowest BCUT2D eigenvalue weighted by Crippen LogP contribution is -2.47. The summed E-state index contributed by atoms with van der Waals surface area (Å²) in [6.45, 7) is 8.89. The Morgan fingerprint density at radius 1 is 1.03 bits per heavy atom. The first kappa shape index (κ1) is 19.5. The van der Waals surface area contributed by atoms with E-state index >= 15 is 0 Å². The van der Waals surface area contributed by atoms with Crippen LogP contribution in [0.3, 0.4) is 0 Å². The van der Waals surface area contributed by atoms with Gasteiger partial charge in [-0.25, -0.2) is 4.68 Å². The zero-order valence-corrected chi connectivity index (χ0v) is 18.3. The Kier molecular flexibility index (Phi) is 4.29. The summed E-state index contributed by atoms with van der Waals surface area (Å²) in [5.74, 6) is 0.675. The van der Waals surface area contributed by atoms with Crippen LogP contribution in [0.25, 0.3) is 5.69 Å². The van der Waals surface area contributed by atoms with Gasteiger partial charge in [-0.05, 0) is 48.6 Å². The molecule has 2 aromatic carbocycles. The molecular formula is C25H26N4O2. The number of para-hydroxylation sites is 1. The average Bonchev–Trinajstić information content (AvgIpc) is 3.24. The molecule has 1 aromatic heterocycles. The summed E-state index contributed by atoms with van der Waals surface area (Å²) in [6, 6.07) is 13.9. The number of hydrogen-bond donors (Lipinski definition) is 1. The molecule has 1 unspecified atom stereocenters. The van der Waals surface area contributed by atoms with Gasteiger partial charge in [0.2, 0.25) is 11.8 Å². The Morgan fingerprint density at radius 2 is 1.77 bits per heavy atom. The lowest BCUT2D eigenvalue weighted by atomic mass is 9.72. The van der Waals surface area contributed by atoms with Gasteiger partial charge in [-0.1, -0.05) is 44.2 Å². The molecule has 0 aliphatic carbocycles. The molecule has 3 aromatic rings. The Bertz CT molecular complexity index is 1230. The Labute approximate surface area is 181 Å². The zero-order valence-electron chi connectivity index (χ0n) is 18.3. The van der Waals surface area contributed by atoms with Gasteiger partial charge in [-0.3, -0.25) is 9.59 Å². The number of fused-ring (bicyclic) bond motifs is 4. The Hall–Kier alpha value is -3.41. The third-order valence-electron chi connectivity index (χ3n) is 6.53. The molecule has 0 bridgehead atoms. The van der Waals surface area contributed by atoms with Crippen molar-refractivity contribution < 1.29 is 9.59 Å². The van der Waals surface area contributed by atoms with Crippen LogP contribution in [-0.4, -0.2) is 28.1 Å². The third-order valence-corrected chi connectivity index (χ3v) is 6.53. The smallest absolute Gasteiger partial charge is 0.242 e. The van der Waals surface area contributed by atoms with Crippen molar-refractivity contribution in [2.45, 2.75) is 39.5 Å². The minimum Gasteiger partial charge on any atom is -0.311 e. The number of benzene rings is 2. The molecule has 1 spiro atoms. The van der Waals surface area contributed by atoms with Crippen LogP contribution in [0.2, 0.25) is 0 Å². The van der Waals surface area contributed by atoms with Crippen LogP contribution in [-0.2, 0) is 15.0 Å². The largest absolute Gasteiger partial charge is 0.311 e. The number of hydrogen-bond acceptors (Lipinski definition) is 3. The number of carbonyl (C=O) groups excluding carboxylic acids is 2. The van der Waals surface area contributed by atoms with E-state index in [0.29, 0.717) is 18.3 Å². The minimum atomic E-state index is -1.04. The molecule has 2 aliphatic rings. The molecule has 2 aliphatic heterocycles. The molecule has 5 rings (SSSR count). The monoisotopic (exact) mass is 414 g/mol. The Balaban J connectivity index is 1.75. The van der Waals surface area contributed by atoms with Gasteiger partial charge >= 0.3 is 0 Å². The van der Waals surface area contributed by atoms with Gasteiger partial charge in [-0.2, -0.15) is 5.10 Å². The molecule has 0 fully saturated rings. The van der Waals surface area contributed by atoms with Crippen molar-refractivity contribution in [2.75, 3.05) is 16.8 Å². The molecule has 2 amide bonds. The quantitative estimate of drug-likeness (QED) is 0.701. The third kappa shape index (κ3) is 2.67. The second-order valence-electron chi connectivity index (χ2n) is 8.99. The van der Waals surface area contributed by atoms with Crippen molar-refractivity contribution >= 4 is 23.3 Å². The van der Waals surface area contributed by atoms with Crippen LogP contribution in [0.5, 0.6) is 0 Å². The fourth-order valence-electron chi connectivity index (χ4n) is 4.94. The molecule has 3 heterocycles. The van der Waals surface area contributed by atoms with E-state index in [1.54, 1.807) is 10.9 Å². The van der Waals surface area contributed by atoms with Crippen molar-refractivity contribution in [1.82, 2.24) is 9.78 Å². The molecule has 31 heavy (non-hydrogen) atoms. The number of amides is 2. The summed E-state index contributed by atoms with van der Waals surface area (Å²) in [5.41, 5.74) is 4.62. The number of rotatable bonds is 3. The van der Waals surface area contributed by atoms with E-state index in [4.69, 9.17) is 0 Å². The van der Waals surface area contributed by atoms with Crippen molar-refractivity contribution in [3.8, 4) is 5.69 Å². The molecule has 0 saturated heterocycles. The average molecular weight is 415 g/mol. The molecule has 6 heteroatoms. The number of nitrogens with one attached hydrogen (secondary N) is 1. The fourth-order valence-corrected chi connectivity index (χ4v) is 4.94. The highest BCUT2D eigenvalue weighted by Gasteiger charge is 2.57. The lowest BCUT2D eigenvalue weighted by molar-refractivity contribution is -0.126. The molecule has 158 valence electrons. The number of carbonyl (C=O) groups is 2. The standard InChI is InChI=1S/C25H26N4O2/c1-15(2)14-28-21-10-6-5-9-18(21)25(24(28)31)12-22(30)27-23-19(25)13-26-29(23)20-11-7-8-16(3)17(20)4/h5-11,13,15H,12,14H2,1-4H3,(H,27,30). The van der Waals surface area contributed by atoms with Crippen LogP contribution in [0.4, 0.5) is 11.5 Å². The summed E-state index contributed by atoms with van der Waals surface area (Å²) in [7, 11) is 0. The van der Waals surface area contributed by atoms with Gasteiger partial charge in [0.15, 0.2) is 0 Å². The molecular weight excluding hydrogens is 388 g/mol. The molecule has 6 nitrogen and oxygen atoms in total. The van der Waals surface area contributed by atoms with E-state index in [1.165, 1.54) is 0 Å². The van der Waals surface area contributed by atoms with Gasteiger partial charge in [0.25, 0.3) is 0 Å². The minimum absolute atomic E-state index is 0.0426. The first-order valence-electron chi connectivity index (χ1n) is 10.7. The summed E-state index contributed by atoms with van der Waals surface area (Å²) >= 11 is 0. The van der Waals surface area contributed by atoms with Crippen molar-refractivity contribution in [1.29, 1.82) is 0 Å². The fraction of sp³-hybridized carbons (Fsp3) is 0.320. The summed E-state index contributed by atoms with van der Waals surface area (Å²) in [4.78, 5) is 28.8. The normalized spacial score (nSPS) is 19.7. The van der Waals surface area contributed by atoms with Crippen molar-refractivity contribution in [3.63, 3.8) is 0 Å². The van der Waals surface area contributed by atoms with Gasteiger partial charge in [-0.15, -0.1) is 0 Å². The summed E-state index contributed by atoms with van der Waals surface area (Å²) in [5, 5.41) is 7.65. The summed E-state index contributed by atoms with van der Waals surface area (Å²) in [6.07, 6.45) is 1.84. The SMILES string of the molecule is Cc1cccc(-n2ncc3c2NC(=O)CC32C(=O)N(CC(C)C)c3ccccc32)c1C. The first-order chi connectivity index (χ1) is 14.8. The van der Waals surface area contributed by atoms with Crippen LogP contribution in [0.15, 0.2) is 48.7 Å². The Morgan fingerprint density at radius 3 is 2.55 bits per heavy atom. The molecule has 1 N–H and O–H groups in total. The van der Waals surface area contributed by atoms with Gasteiger partial charge < -0.3 is 10.2 Å². The molecule has 0 saturated carbocycles. The van der Waals surface area contributed by atoms with E-state index in [0.717, 1.165) is 33.6 Å².